The molecule has 1 fully saturated rings. The van der Waals surface area contributed by atoms with Gasteiger partial charge < -0.3 is 15.5 Å². The molecule has 1 saturated heterocycles. The molecule has 2 aromatic rings. The van der Waals surface area contributed by atoms with Crippen molar-refractivity contribution in [3.8, 4) is 0 Å². The normalized spacial score (nSPS) is 15.0. The smallest absolute Gasteiger partial charge is 0.229 e. The Bertz CT molecular complexity index is 711. The Kier molecular flexibility index (Phi) is 5.36. The highest BCUT2D eigenvalue weighted by molar-refractivity contribution is 9.10. The van der Waals surface area contributed by atoms with Crippen LogP contribution < -0.4 is 15.5 Å². The number of hydrogen-bond acceptors (Lipinski definition) is 5. The number of rotatable bonds is 4. The summed E-state index contributed by atoms with van der Waals surface area (Å²) in [5.41, 5.74) is 3.26. The number of nitrogens with one attached hydrogen (secondary N) is 2. The first-order valence-corrected chi connectivity index (χ1v) is 9.20. The Labute approximate surface area is 152 Å². The fourth-order valence-electron chi connectivity index (χ4n) is 2.78. The lowest BCUT2D eigenvalue weighted by molar-refractivity contribution is 0.584. The highest BCUT2D eigenvalue weighted by atomic mass is 79.9. The number of hydrogen-bond donors (Lipinski definition) is 2. The number of halogens is 1. The van der Waals surface area contributed by atoms with Crippen molar-refractivity contribution in [1.82, 2.24) is 15.3 Å². The first kappa shape index (κ1) is 17.2. The van der Waals surface area contributed by atoms with E-state index < -0.39 is 0 Å². The summed E-state index contributed by atoms with van der Waals surface area (Å²) in [7, 11) is 0. The maximum atomic E-state index is 4.71. The van der Waals surface area contributed by atoms with Gasteiger partial charge in [0.1, 0.15) is 5.82 Å². The van der Waals surface area contributed by atoms with Gasteiger partial charge in [-0.3, -0.25) is 0 Å². The average Bonchev–Trinajstić information content (AvgIpc) is 2.57. The molecular formula is C18H24BrN5. The molecule has 3 rings (SSSR count). The number of aryl methyl sites for hydroxylation is 1. The largest absolute Gasteiger partial charge is 0.354 e. The number of anilines is 3. The fourth-order valence-corrected chi connectivity index (χ4v) is 3.27. The molecule has 0 unspecified atom stereocenters. The third-order valence-corrected chi connectivity index (χ3v) is 4.84. The van der Waals surface area contributed by atoms with Gasteiger partial charge in [0.15, 0.2) is 0 Å². The second kappa shape index (κ2) is 7.49. The molecule has 0 atom stereocenters. The van der Waals surface area contributed by atoms with Crippen LogP contribution in [0.3, 0.4) is 0 Å². The van der Waals surface area contributed by atoms with Crippen LogP contribution in [0.15, 0.2) is 28.7 Å². The lowest BCUT2D eigenvalue weighted by Crippen LogP contribution is -2.44. The molecule has 0 bridgehead atoms. The summed E-state index contributed by atoms with van der Waals surface area (Å²) in [6, 6.07) is 8.42. The van der Waals surface area contributed by atoms with Gasteiger partial charge in [0.25, 0.3) is 0 Å². The first-order chi connectivity index (χ1) is 11.5. The summed E-state index contributed by atoms with van der Waals surface area (Å²) >= 11 is 3.65. The maximum absolute atomic E-state index is 4.71. The van der Waals surface area contributed by atoms with Gasteiger partial charge in [-0.15, -0.1) is 0 Å². The van der Waals surface area contributed by atoms with Crippen molar-refractivity contribution in [1.29, 1.82) is 0 Å². The fraction of sp³-hybridized carbons (Fsp3) is 0.444. The van der Waals surface area contributed by atoms with E-state index in [1.165, 1.54) is 5.56 Å². The molecule has 0 saturated carbocycles. The standard InChI is InChI=1S/C18H24BrN5/c1-12(2)14-4-5-16(15(19)11-14)22-18-21-13(3)10-17(23-18)24-8-6-20-7-9-24/h4-5,10-12,20H,6-9H2,1-3H3,(H,21,22,23). The van der Waals surface area contributed by atoms with E-state index in [2.05, 4.69) is 68.5 Å². The minimum atomic E-state index is 0.505. The Hall–Kier alpha value is -1.66. The van der Waals surface area contributed by atoms with Crippen molar-refractivity contribution in [2.45, 2.75) is 26.7 Å². The van der Waals surface area contributed by atoms with E-state index in [0.29, 0.717) is 11.9 Å². The lowest BCUT2D eigenvalue weighted by Gasteiger charge is -2.28. The van der Waals surface area contributed by atoms with E-state index >= 15 is 0 Å². The van der Waals surface area contributed by atoms with Crippen molar-refractivity contribution < 1.29 is 0 Å². The third kappa shape index (κ3) is 4.05. The Morgan fingerprint density at radius 2 is 1.92 bits per heavy atom. The highest BCUT2D eigenvalue weighted by Crippen LogP contribution is 2.29. The number of aromatic nitrogens is 2. The molecular weight excluding hydrogens is 366 g/mol. The topological polar surface area (TPSA) is 53.1 Å². The van der Waals surface area contributed by atoms with Crippen molar-refractivity contribution in [3.63, 3.8) is 0 Å². The van der Waals surface area contributed by atoms with Crippen LogP contribution in [-0.4, -0.2) is 36.1 Å². The molecule has 6 heteroatoms. The van der Waals surface area contributed by atoms with Crippen molar-refractivity contribution in [2.24, 2.45) is 0 Å². The SMILES string of the molecule is Cc1cc(N2CCNCC2)nc(Nc2ccc(C(C)C)cc2Br)n1. The zero-order chi connectivity index (χ0) is 17.1. The Morgan fingerprint density at radius 1 is 1.17 bits per heavy atom. The molecule has 24 heavy (non-hydrogen) atoms. The number of nitrogens with zero attached hydrogens (tertiary/aromatic N) is 3. The highest BCUT2D eigenvalue weighted by Gasteiger charge is 2.14. The summed E-state index contributed by atoms with van der Waals surface area (Å²) in [4.78, 5) is 11.5. The molecule has 128 valence electrons. The van der Waals surface area contributed by atoms with Gasteiger partial charge in [0, 0.05) is 42.4 Å². The van der Waals surface area contributed by atoms with E-state index in [0.717, 1.165) is 47.9 Å². The minimum Gasteiger partial charge on any atom is -0.354 e. The molecule has 1 aromatic heterocycles. The molecule has 1 aliphatic rings. The molecule has 0 amide bonds. The van der Waals surface area contributed by atoms with E-state index in [1.807, 2.05) is 13.0 Å². The second-order valence-corrected chi connectivity index (χ2v) is 7.30. The molecule has 5 nitrogen and oxygen atoms in total. The predicted molar refractivity (Wildman–Crippen MR) is 103 cm³/mol. The van der Waals surface area contributed by atoms with E-state index in [1.54, 1.807) is 0 Å². The lowest BCUT2D eigenvalue weighted by atomic mass is 10.0. The molecule has 2 N–H and O–H groups in total. The van der Waals surface area contributed by atoms with Crippen LogP contribution in [0.1, 0.15) is 31.0 Å². The van der Waals surface area contributed by atoms with E-state index in [4.69, 9.17) is 4.98 Å². The van der Waals surface area contributed by atoms with Gasteiger partial charge in [0.2, 0.25) is 5.95 Å². The first-order valence-electron chi connectivity index (χ1n) is 8.41. The average molecular weight is 390 g/mol. The monoisotopic (exact) mass is 389 g/mol. The molecule has 0 radical (unpaired) electrons. The number of piperazine rings is 1. The van der Waals surface area contributed by atoms with Crippen LogP contribution in [0.5, 0.6) is 0 Å². The summed E-state index contributed by atoms with van der Waals surface area (Å²) in [6.45, 7) is 10.3. The van der Waals surface area contributed by atoms with Crippen LogP contribution in [0, 0.1) is 6.92 Å². The molecule has 0 spiro atoms. The van der Waals surface area contributed by atoms with Gasteiger partial charge in [-0.2, -0.15) is 4.98 Å². The third-order valence-electron chi connectivity index (χ3n) is 4.19. The zero-order valence-electron chi connectivity index (χ0n) is 14.4. The molecule has 0 aliphatic carbocycles. The van der Waals surface area contributed by atoms with Crippen LogP contribution in [0.25, 0.3) is 0 Å². The molecule has 1 aromatic carbocycles. The van der Waals surface area contributed by atoms with Gasteiger partial charge in [0.05, 0.1) is 5.69 Å². The zero-order valence-corrected chi connectivity index (χ0v) is 16.0. The van der Waals surface area contributed by atoms with E-state index in [9.17, 15) is 0 Å². The molecule has 1 aliphatic heterocycles. The van der Waals surface area contributed by atoms with Crippen LogP contribution in [0.2, 0.25) is 0 Å². The number of benzene rings is 1. The minimum absolute atomic E-state index is 0.505. The van der Waals surface area contributed by atoms with E-state index in [-0.39, 0.29) is 0 Å². The summed E-state index contributed by atoms with van der Waals surface area (Å²) in [5, 5.41) is 6.72. The van der Waals surface area contributed by atoms with Crippen molar-refractivity contribution in [2.75, 3.05) is 36.4 Å². The van der Waals surface area contributed by atoms with Gasteiger partial charge in [-0.05, 0) is 46.5 Å². The summed E-state index contributed by atoms with van der Waals surface area (Å²) in [5.74, 6) is 2.13. The van der Waals surface area contributed by atoms with Crippen LogP contribution >= 0.6 is 15.9 Å². The second-order valence-electron chi connectivity index (χ2n) is 6.45. The Morgan fingerprint density at radius 3 is 2.58 bits per heavy atom. The van der Waals surface area contributed by atoms with Crippen LogP contribution in [0.4, 0.5) is 17.5 Å². The molecule has 2 heterocycles. The predicted octanol–water partition coefficient (Wildman–Crippen LogP) is 3.82. The van der Waals surface area contributed by atoms with Gasteiger partial charge in [-0.25, -0.2) is 4.98 Å². The maximum Gasteiger partial charge on any atom is 0.229 e. The van der Waals surface area contributed by atoms with Gasteiger partial charge >= 0.3 is 0 Å². The van der Waals surface area contributed by atoms with Crippen molar-refractivity contribution >= 4 is 33.4 Å². The summed E-state index contributed by atoms with van der Waals surface area (Å²) < 4.78 is 1.03. The quantitative estimate of drug-likeness (QED) is 0.831. The summed E-state index contributed by atoms with van der Waals surface area (Å²) in [6.07, 6.45) is 0. The van der Waals surface area contributed by atoms with Crippen LogP contribution in [-0.2, 0) is 0 Å². The van der Waals surface area contributed by atoms with Crippen molar-refractivity contribution in [3.05, 3.63) is 40.0 Å². The Balaban J connectivity index is 1.83. The van der Waals surface area contributed by atoms with Gasteiger partial charge in [-0.1, -0.05) is 19.9 Å².